The number of halogens is 1. The molecule has 0 aliphatic heterocycles. The van der Waals surface area contributed by atoms with Crippen LogP contribution < -0.4 is 27.7 Å². The Bertz CT molecular complexity index is 2160. The topological polar surface area (TPSA) is 69.2 Å². The molecule has 0 spiro atoms. The Morgan fingerprint density at radius 1 is 0.186 bits per heavy atom. The molecule has 9 rings (SSSR count). The van der Waals surface area contributed by atoms with E-state index in [2.05, 4.69) is 0 Å². The molecule has 0 amide bonds. The van der Waals surface area contributed by atoms with E-state index in [1.807, 2.05) is 237 Å². The summed E-state index contributed by atoms with van der Waals surface area (Å²) >= 11 is 0. The van der Waals surface area contributed by atoms with Crippen molar-refractivity contribution in [2.75, 3.05) is 0 Å². The maximum Gasteiger partial charge on any atom is 4.00 e. The van der Waals surface area contributed by atoms with Gasteiger partial charge in [-0.3, -0.25) is 0 Å². The molecule has 0 radical (unpaired) electrons. The quantitative estimate of drug-likeness (QED) is 0.157. The summed E-state index contributed by atoms with van der Waals surface area (Å²) in [6.45, 7) is 0. The van der Waals surface area contributed by atoms with Crippen molar-refractivity contribution in [2.24, 2.45) is 0 Å². The standard InChI is InChI=1S/3C18H14O.ClH.Ti/c3*19-18-16(14-8-3-1-4-9-14)12-7-13-17(18)15-10-5-2-6-11-15;;/h3*1-13,19H;1H;/q;;;;+4/p-4. The molecule has 0 atom stereocenters. The summed E-state index contributed by atoms with van der Waals surface area (Å²) in [5.74, 6) is 0.250. The van der Waals surface area contributed by atoms with Gasteiger partial charge in [-0.2, -0.15) is 0 Å². The zero-order valence-corrected chi connectivity index (χ0v) is 34.4. The van der Waals surface area contributed by atoms with Crippen molar-refractivity contribution in [1.82, 2.24) is 0 Å². The first-order chi connectivity index (χ1) is 28.1. The van der Waals surface area contributed by atoms with Gasteiger partial charge in [0.1, 0.15) is 0 Å². The minimum absolute atomic E-state index is 0. The second kappa shape index (κ2) is 21.8. The van der Waals surface area contributed by atoms with E-state index in [0.29, 0.717) is 0 Å². The molecule has 284 valence electrons. The largest absolute Gasteiger partial charge is 4.00 e. The maximum atomic E-state index is 12.6. The molecule has 0 unspecified atom stereocenters. The van der Waals surface area contributed by atoms with Crippen LogP contribution in [0.2, 0.25) is 0 Å². The molecule has 3 nitrogen and oxygen atoms in total. The fourth-order valence-corrected chi connectivity index (χ4v) is 6.68. The van der Waals surface area contributed by atoms with Crippen LogP contribution in [-0.2, 0) is 21.7 Å². The van der Waals surface area contributed by atoms with Crippen molar-refractivity contribution >= 4 is 0 Å². The molecule has 9 aromatic carbocycles. The smallest absolute Gasteiger partial charge is 1.00 e. The van der Waals surface area contributed by atoms with Gasteiger partial charge in [-0.1, -0.05) is 254 Å². The van der Waals surface area contributed by atoms with Gasteiger partial charge < -0.3 is 27.7 Å². The van der Waals surface area contributed by atoms with Crippen LogP contribution in [0.25, 0.3) is 66.8 Å². The molecule has 5 heteroatoms. The van der Waals surface area contributed by atoms with Crippen molar-refractivity contribution in [3.63, 3.8) is 0 Å². The molecule has 0 N–H and O–H groups in total. The van der Waals surface area contributed by atoms with E-state index in [1.54, 1.807) is 0 Å². The van der Waals surface area contributed by atoms with E-state index in [-0.39, 0.29) is 51.4 Å². The Kier molecular flexibility index (Phi) is 16.1. The van der Waals surface area contributed by atoms with Gasteiger partial charge in [0, 0.05) is 0 Å². The number of hydrogen-bond acceptors (Lipinski definition) is 3. The summed E-state index contributed by atoms with van der Waals surface area (Å²) in [4.78, 5) is 0. The molecule has 0 heterocycles. The third kappa shape index (κ3) is 10.9. The van der Waals surface area contributed by atoms with Crippen LogP contribution in [0, 0.1) is 0 Å². The van der Waals surface area contributed by atoms with Crippen LogP contribution in [0.1, 0.15) is 0 Å². The van der Waals surface area contributed by atoms with Crippen LogP contribution in [0.5, 0.6) is 17.2 Å². The Balaban J connectivity index is 0.000000165. The average molecular weight is 819 g/mol. The third-order valence-electron chi connectivity index (χ3n) is 9.55. The Morgan fingerprint density at radius 3 is 0.458 bits per heavy atom. The van der Waals surface area contributed by atoms with E-state index in [9.17, 15) is 15.3 Å². The van der Waals surface area contributed by atoms with Gasteiger partial charge in [-0.05, 0) is 66.8 Å². The van der Waals surface area contributed by atoms with E-state index in [4.69, 9.17) is 0 Å². The molecule has 0 aliphatic carbocycles. The van der Waals surface area contributed by atoms with Crippen LogP contribution in [0.15, 0.2) is 237 Å². The summed E-state index contributed by atoms with van der Waals surface area (Å²) < 4.78 is 0. The minimum Gasteiger partial charge on any atom is -1.00 e. The molecular formula is C54H39ClO3Ti. The van der Waals surface area contributed by atoms with E-state index < -0.39 is 0 Å². The Morgan fingerprint density at radius 2 is 0.322 bits per heavy atom. The van der Waals surface area contributed by atoms with Crippen molar-refractivity contribution in [1.29, 1.82) is 0 Å². The Labute approximate surface area is 367 Å². The fourth-order valence-electron chi connectivity index (χ4n) is 6.68. The summed E-state index contributed by atoms with van der Waals surface area (Å²) in [6.07, 6.45) is 0. The van der Waals surface area contributed by atoms with Crippen LogP contribution >= 0.6 is 0 Å². The summed E-state index contributed by atoms with van der Waals surface area (Å²) in [5.41, 5.74) is 10.3. The molecule has 0 aromatic heterocycles. The van der Waals surface area contributed by atoms with Gasteiger partial charge >= 0.3 is 21.7 Å². The third-order valence-corrected chi connectivity index (χ3v) is 9.55. The van der Waals surface area contributed by atoms with Crippen molar-refractivity contribution in [3.05, 3.63) is 237 Å². The van der Waals surface area contributed by atoms with Crippen LogP contribution in [-0.4, -0.2) is 0 Å². The van der Waals surface area contributed by atoms with Crippen molar-refractivity contribution in [2.45, 2.75) is 0 Å². The number of benzene rings is 9. The monoisotopic (exact) mass is 818 g/mol. The molecule has 0 fully saturated rings. The van der Waals surface area contributed by atoms with E-state index in [1.165, 1.54) is 0 Å². The number of para-hydroxylation sites is 3. The molecule has 0 aliphatic rings. The molecule has 59 heavy (non-hydrogen) atoms. The van der Waals surface area contributed by atoms with Crippen LogP contribution in [0.3, 0.4) is 0 Å². The number of rotatable bonds is 6. The van der Waals surface area contributed by atoms with Gasteiger partial charge in [0.15, 0.2) is 0 Å². The summed E-state index contributed by atoms with van der Waals surface area (Å²) in [6, 6.07) is 75.8. The van der Waals surface area contributed by atoms with Gasteiger partial charge in [-0.25, -0.2) is 0 Å². The van der Waals surface area contributed by atoms with Crippen LogP contribution in [0.4, 0.5) is 0 Å². The molecule has 0 saturated heterocycles. The molecule has 9 aromatic rings. The molecular weight excluding hydrogens is 780 g/mol. The van der Waals surface area contributed by atoms with E-state index in [0.717, 1.165) is 66.8 Å². The first-order valence-corrected chi connectivity index (χ1v) is 18.8. The SMILES string of the molecule is [Cl-].[O-]c1c(-c2ccccc2)cccc1-c1ccccc1.[O-]c1c(-c2ccccc2)cccc1-c1ccccc1.[O-]c1c(-c2ccccc2)cccc1-c1ccccc1.[Ti+4]. The average Bonchev–Trinajstić information content (AvgIpc) is 3.29. The second-order valence-corrected chi connectivity index (χ2v) is 13.2. The zero-order valence-electron chi connectivity index (χ0n) is 32.1. The first-order valence-electron chi connectivity index (χ1n) is 18.8. The van der Waals surface area contributed by atoms with Crippen molar-refractivity contribution < 1.29 is 49.4 Å². The molecule has 0 saturated carbocycles. The zero-order chi connectivity index (χ0) is 39.2. The molecule has 0 bridgehead atoms. The van der Waals surface area contributed by atoms with E-state index >= 15 is 0 Å². The fraction of sp³-hybridized carbons (Fsp3) is 0. The normalized spacial score (nSPS) is 9.97. The number of hydrogen-bond donors (Lipinski definition) is 0. The first kappa shape index (κ1) is 43.5. The summed E-state index contributed by atoms with van der Waals surface area (Å²) in [7, 11) is 0. The van der Waals surface area contributed by atoms with Gasteiger partial charge in [-0.15, -0.1) is 0 Å². The maximum absolute atomic E-state index is 12.6. The van der Waals surface area contributed by atoms with Crippen molar-refractivity contribution in [3.8, 4) is 84.0 Å². The summed E-state index contributed by atoms with van der Waals surface area (Å²) in [5, 5.41) is 37.7. The predicted molar refractivity (Wildman–Crippen MR) is 230 cm³/mol. The Hall–Kier alpha value is -6.62. The second-order valence-electron chi connectivity index (χ2n) is 13.2. The van der Waals surface area contributed by atoms with Gasteiger partial charge in [0.2, 0.25) is 0 Å². The predicted octanol–water partition coefficient (Wildman–Crippen LogP) is 9.28. The van der Waals surface area contributed by atoms with Gasteiger partial charge in [0.25, 0.3) is 0 Å². The van der Waals surface area contributed by atoms with Gasteiger partial charge in [0.05, 0.1) is 0 Å². The minimum atomic E-state index is 0.